The summed E-state index contributed by atoms with van der Waals surface area (Å²) in [7, 11) is 5.50. The zero-order chi connectivity index (χ0) is 20.2. The number of hydrogen-bond donors (Lipinski definition) is 2. The molecule has 7 heteroatoms. The van der Waals surface area contributed by atoms with Crippen LogP contribution in [0.3, 0.4) is 0 Å². The number of rotatable bonds is 6. The van der Waals surface area contributed by atoms with Crippen molar-refractivity contribution in [1.29, 1.82) is 0 Å². The molecule has 0 atom stereocenters. The predicted octanol–water partition coefficient (Wildman–Crippen LogP) is 3.90. The average Bonchev–Trinajstić information content (AvgIpc) is 2.75. The Bertz CT molecular complexity index is 830. The molecule has 1 saturated carbocycles. The van der Waals surface area contributed by atoms with E-state index >= 15 is 0 Å². The van der Waals surface area contributed by atoms with Crippen molar-refractivity contribution in [2.24, 2.45) is 0 Å². The second-order valence-electron chi connectivity index (χ2n) is 8.32. The van der Waals surface area contributed by atoms with Gasteiger partial charge >= 0.3 is 0 Å². The Morgan fingerprint density at radius 2 is 1.52 bits per heavy atom. The molecule has 0 amide bonds. The largest absolute Gasteiger partial charge is 0.493 e. The molecular formula is C22H33N5O2. The van der Waals surface area contributed by atoms with Gasteiger partial charge in [0.2, 0.25) is 5.95 Å². The van der Waals surface area contributed by atoms with Gasteiger partial charge in [-0.05, 0) is 51.9 Å². The number of nitrogens with zero attached hydrogens (tertiary/aromatic N) is 3. The number of methoxy groups -OCH3 is 2. The Morgan fingerprint density at radius 3 is 2.21 bits per heavy atom. The van der Waals surface area contributed by atoms with Gasteiger partial charge in [0.25, 0.3) is 0 Å². The average molecular weight is 400 g/mol. The molecule has 4 rings (SSSR count). The third-order valence-electron chi connectivity index (χ3n) is 6.20. The smallest absolute Gasteiger partial charge is 0.225 e. The summed E-state index contributed by atoms with van der Waals surface area (Å²) < 4.78 is 11.0. The molecule has 0 unspecified atom stereocenters. The van der Waals surface area contributed by atoms with Gasteiger partial charge in [-0.2, -0.15) is 4.98 Å². The minimum atomic E-state index is 0.417. The summed E-state index contributed by atoms with van der Waals surface area (Å²) in [4.78, 5) is 12.1. The number of fused-ring (bicyclic) bond motifs is 1. The summed E-state index contributed by atoms with van der Waals surface area (Å²) >= 11 is 0. The van der Waals surface area contributed by atoms with Crippen LogP contribution in [0.5, 0.6) is 11.5 Å². The first-order valence-electron chi connectivity index (χ1n) is 10.8. The lowest BCUT2D eigenvalue weighted by atomic mass is 9.96. The van der Waals surface area contributed by atoms with E-state index in [9.17, 15) is 0 Å². The van der Waals surface area contributed by atoms with Gasteiger partial charge in [-0.25, -0.2) is 4.98 Å². The summed E-state index contributed by atoms with van der Waals surface area (Å²) in [5.74, 6) is 2.96. The summed E-state index contributed by atoms with van der Waals surface area (Å²) in [6, 6.07) is 4.80. The number of piperidine rings is 1. The SMILES string of the molecule is COc1cc2nc(NC3CCCCC3)nc(NC3CCN(C)CC3)c2cc1OC. The fourth-order valence-corrected chi connectivity index (χ4v) is 4.41. The maximum atomic E-state index is 5.52. The van der Waals surface area contributed by atoms with E-state index in [1.807, 2.05) is 12.1 Å². The van der Waals surface area contributed by atoms with Crippen LogP contribution in [0.25, 0.3) is 10.9 Å². The minimum Gasteiger partial charge on any atom is -0.493 e. The molecule has 2 fully saturated rings. The van der Waals surface area contributed by atoms with Crippen molar-refractivity contribution in [3.8, 4) is 11.5 Å². The number of ether oxygens (including phenoxy) is 2. The normalized spacial score (nSPS) is 19.3. The molecule has 1 aromatic heterocycles. The molecule has 1 aromatic carbocycles. The highest BCUT2D eigenvalue weighted by Crippen LogP contribution is 2.35. The second kappa shape index (κ2) is 9.03. The number of nitrogens with one attached hydrogen (secondary N) is 2. The molecule has 2 N–H and O–H groups in total. The van der Waals surface area contributed by atoms with Gasteiger partial charge in [-0.15, -0.1) is 0 Å². The van der Waals surface area contributed by atoms with Crippen molar-refractivity contribution >= 4 is 22.7 Å². The maximum absolute atomic E-state index is 5.52. The Labute approximate surface area is 173 Å². The van der Waals surface area contributed by atoms with Crippen molar-refractivity contribution in [1.82, 2.24) is 14.9 Å². The Kier molecular flexibility index (Phi) is 6.23. The third kappa shape index (κ3) is 4.66. The van der Waals surface area contributed by atoms with Crippen molar-refractivity contribution < 1.29 is 9.47 Å². The molecular weight excluding hydrogens is 366 g/mol. The topological polar surface area (TPSA) is 71.5 Å². The zero-order valence-electron chi connectivity index (χ0n) is 17.8. The van der Waals surface area contributed by atoms with Gasteiger partial charge < -0.3 is 25.0 Å². The molecule has 158 valence electrons. The van der Waals surface area contributed by atoms with Gasteiger partial charge in [0, 0.05) is 23.5 Å². The van der Waals surface area contributed by atoms with Crippen LogP contribution in [0.15, 0.2) is 12.1 Å². The van der Waals surface area contributed by atoms with Crippen molar-refractivity contribution in [3.05, 3.63) is 12.1 Å². The van der Waals surface area contributed by atoms with Crippen molar-refractivity contribution in [2.75, 3.05) is 45.0 Å². The van der Waals surface area contributed by atoms with Gasteiger partial charge in [-0.1, -0.05) is 19.3 Å². The Hall–Kier alpha value is -2.28. The first-order chi connectivity index (χ1) is 14.2. The van der Waals surface area contributed by atoms with Crippen LogP contribution in [0.4, 0.5) is 11.8 Å². The van der Waals surface area contributed by atoms with Crippen molar-refractivity contribution in [3.63, 3.8) is 0 Å². The van der Waals surface area contributed by atoms with E-state index in [0.717, 1.165) is 42.7 Å². The molecule has 0 radical (unpaired) electrons. The lowest BCUT2D eigenvalue weighted by molar-refractivity contribution is 0.264. The van der Waals surface area contributed by atoms with Crippen LogP contribution in [0, 0.1) is 0 Å². The first-order valence-corrected chi connectivity index (χ1v) is 10.8. The quantitative estimate of drug-likeness (QED) is 0.763. The molecule has 1 aliphatic carbocycles. The van der Waals surface area contributed by atoms with Crippen LogP contribution < -0.4 is 20.1 Å². The molecule has 0 bridgehead atoms. The van der Waals surface area contributed by atoms with E-state index in [2.05, 4.69) is 22.6 Å². The molecule has 1 saturated heterocycles. The highest BCUT2D eigenvalue weighted by atomic mass is 16.5. The third-order valence-corrected chi connectivity index (χ3v) is 6.20. The highest BCUT2D eigenvalue weighted by Gasteiger charge is 2.21. The standard InChI is InChI=1S/C22H33N5O2/c1-27-11-9-16(10-12-27)23-21-17-13-19(28-2)20(29-3)14-18(17)25-22(26-21)24-15-7-5-4-6-8-15/h13-16H,4-12H2,1-3H3,(H2,23,24,25,26). The molecule has 29 heavy (non-hydrogen) atoms. The van der Waals surface area contributed by atoms with E-state index in [1.54, 1.807) is 14.2 Å². The van der Waals surface area contributed by atoms with Crippen LogP contribution in [0.2, 0.25) is 0 Å². The zero-order valence-corrected chi connectivity index (χ0v) is 17.8. The fourth-order valence-electron chi connectivity index (χ4n) is 4.41. The van der Waals surface area contributed by atoms with E-state index in [-0.39, 0.29) is 0 Å². The molecule has 2 aliphatic rings. The summed E-state index contributed by atoms with van der Waals surface area (Å²) in [6.07, 6.45) is 8.47. The van der Waals surface area contributed by atoms with Crippen LogP contribution >= 0.6 is 0 Å². The minimum absolute atomic E-state index is 0.417. The van der Waals surface area contributed by atoms with Crippen molar-refractivity contribution in [2.45, 2.75) is 57.0 Å². The number of anilines is 2. The molecule has 2 aromatic rings. The second-order valence-corrected chi connectivity index (χ2v) is 8.32. The van der Waals surface area contributed by atoms with E-state index < -0.39 is 0 Å². The van der Waals surface area contributed by atoms with E-state index in [0.29, 0.717) is 29.5 Å². The number of hydrogen-bond acceptors (Lipinski definition) is 7. The van der Waals surface area contributed by atoms with E-state index in [1.165, 1.54) is 32.1 Å². The van der Waals surface area contributed by atoms with E-state index in [4.69, 9.17) is 19.4 Å². The molecule has 1 aliphatic heterocycles. The molecule has 0 spiro atoms. The lowest BCUT2D eigenvalue weighted by Gasteiger charge is -2.30. The van der Waals surface area contributed by atoms with Crippen LogP contribution in [-0.4, -0.2) is 61.3 Å². The maximum Gasteiger partial charge on any atom is 0.225 e. The Morgan fingerprint density at radius 1 is 0.862 bits per heavy atom. The fraction of sp³-hybridized carbons (Fsp3) is 0.636. The Balaban J connectivity index is 1.68. The van der Waals surface area contributed by atoms with Crippen LogP contribution in [0.1, 0.15) is 44.9 Å². The van der Waals surface area contributed by atoms with Gasteiger partial charge in [0.1, 0.15) is 5.82 Å². The number of benzene rings is 1. The number of likely N-dealkylation sites (tertiary alicyclic amines) is 1. The summed E-state index contributed by atoms with van der Waals surface area (Å²) in [5, 5.41) is 8.25. The monoisotopic (exact) mass is 399 g/mol. The summed E-state index contributed by atoms with van der Waals surface area (Å²) in [5.41, 5.74) is 0.867. The van der Waals surface area contributed by atoms with Gasteiger partial charge in [-0.3, -0.25) is 0 Å². The predicted molar refractivity (Wildman–Crippen MR) is 117 cm³/mol. The summed E-state index contributed by atoms with van der Waals surface area (Å²) in [6.45, 7) is 2.20. The van der Waals surface area contributed by atoms with Gasteiger partial charge in [0.15, 0.2) is 11.5 Å². The molecule has 7 nitrogen and oxygen atoms in total. The lowest BCUT2D eigenvalue weighted by Crippen LogP contribution is -2.37. The number of aromatic nitrogens is 2. The van der Waals surface area contributed by atoms with Gasteiger partial charge in [0.05, 0.1) is 19.7 Å². The molecule has 2 heterocycles. The van der Waals surface area contributed by atoms with Crippen LogP contribution in [-0.2, 0) is 0 Å². The highest BCUT2D eigenvalue weighted by molar-refractivity contribution is 5.92. The first kappa shape index (κ1) is 20.0.